The molecule has 8 heteroatoms. The van der Waals surface area contributed by atoms with Gasteiger partial charge < -0.3 is 19.9 Å². The number of piperidine rings is 1. The number of nitrogens with one attached hydrogen (secondary N) is 1. The van der Waals surface area contributed by atoms with Gasteiger partial charge in [0.15, 0.2) is 0 Å². The Kier molecular flexibility index (Phi) is 8.26. The molecule has 2 amide bonds. The fourth-order valence-corrected chi connectivity index (χ4v) is 4.50. The molecule has 0 spiro atoms. The van der Waals surface area contributed by atoms with E-state index >= 15 is 0 Å². The highest BCUT2D eigenvalue weighted by molar-refractivity contribution is 6.44. The minimum Gasteiger partial charge on any atom is -0.475 e. The average molecular weight is 479 g/mol. The molecule has 0 radical (unpaired) electrons. The number of likely N-dealkylation sites (tertiary alicyclic amines) is 1. The summed E-state index contributed by atoms with van der Waals surface area (Å²) in [5, 5.41) is 3.93. The van der Waals surface area contributed by atoms with Crippen LogP contribution in [0.5, 0.6) is 5.88 Å². The van der Waals surface area contributed by atoms with Crippen LogP contribution in [0.4, 0.5) is 4.79 Å². The van der Waals surface area contributed by atoms with Crippen LogP contribution in [0, 0.1) is 0 Å². The molecule has 2 aromatic rings. The number of benzene rings is 1. The zero-order valence-corrected chi connectivity index (χ0v) is 20.9. The SMILES string of the molecule is CC(C)Oc1ccc(-c2ccc(C(C)NC(=O)N(C)C3CCN(C)CC3)c(Cl)c2Cl)cn1. The summed E-state index contributed by atoms with van der Waals surface area (Å²) in [7, 11) is 3.97. The van der Waals surface area contributed by atoms with Crippen molar-refractivity contribution < 1.29 is 9.53 Å². The predicted molar refractivity (Wildman–Crippen MR) is 131 cm³/mol. The number of hydrogen-bond acceptors (Lipinski definition) is 4. The maximum Gasteiger partial charge on any atom is 0.317 e. The molecule has 1 atom stereocenters. The van der Waals surface area contributed by atoms with E-state index in [0.29, 0.717) is 15.9 Å². The summed E-state index contributed by atoms with van der Waals surface area (Å²) < 4.78 is 5.60. The maximum atomic E-state index is 12.8. The number of urea groups is 1. The van der Waals surface area contributed by atoms with Crippen molar-refractivity contribution in [3.8, 4) is 17.0 Å². The molecule has 32 heavy (non-hydrogen) atoms. The molecule has 1 aliphatic rings. The third-order valence-electron chi connectivity index (χ3n) is 5.88. The minimum atomic E-state index is -0.282. The van der Waals surface area contributed by atoms with Gasteiger partial charge in [-0.05, 0) is 65.4 Å². The molecule has 3 rings (SSSR count). The van der Waals surface area contributed by atoms with E-state index in [4.69, 9.17) is 27.9 Å². The number of rotatable bonds is 6. The Hall–Kier alpha value is -2.02. The summed E-state index contributed by atoms with van der Waals surface area (Å²) in [4.78, 5) is 21.2. The fraction of sp³-hybridized carbons (Fsp3) is 0.500. The molecule has 1 aromatic heterocycles. The smallest absolute Gasteiger partial charge is 0.317 e. The van der Waals surface area contributed by atoms with Crippen LogP contribution < -0.4 is 10.1 Å². The number of carbonyl (C=O) groups is 1. The van der Waals surface area contributed by atoms with Crippen molar-refractivity contribution in [1.29, 1.82) is 0 Å². The van der Waals surface area contributed by atoms with Gasteiger partial charge in [0, 0.05) is 36.5 Å². The van der Waals surface area contributed by atoms with Crippen molar-refractivity contribution in [2.75, 3.05) is 27.2 Å². The lowest BCUT2D eigenvalue weighted by Gasteiger charge is -2.35. The number of amides is 2. The number of carbonyl (C=O) groups excluding carboxylic acids is 1. The van der Waals surface area contributed by atoms with Crippen LogP contribution >= 0.6 is 23.2 Å². The highest BCUT2D eigenvalue weighted by atomic mass is 35.5. The third-order valence-corrected chi connectivity index (χ3v) is 6.78. The molecule has 0 saturated carbocycles. The average Bonchev–Trinajstić information content (AvgIpc) is 2.76. The van der Waals surface area contributed by atoms with Crippen molar-refractivity contribution in [1.82, 2.24) is 20.1 Å². The first-order valence-electron chi connectivity index (χ1n) is 11.0. The molecular weight excluding hydrogens is 447 g/mol. The lowest BCUT2D eigenvalue weighted by atomic mass is 10.0. The van der Waals surface area contributed by atoms with Crippen LogP contribution in [0.2, 0.25) is 10.0 Å². The summed E-state index contributed by atoms with van der Waals surface area (Å²) in [5.41, 5.74) is 2.41. The van der Waals surface area contributed by atoms with Crippen molar-refractivity contribution in [2.45, 2.75) is 51.8 Å². The lowest BCUT2D eigenvalue weighted by Crippen LogP contribution is -2.48. The molecule has 1 N–H and O–H groups in total. The first-order chi connectivity index (χ1) is 15.2. The number of pyridine rings is 1. The first-order valence-corrected chi connectivity index (χ1v) is 11.8. The lowest BCUT2D eigenvalue weighted by molar-refractivity contribution is 0.146. The Morgan fingerprint density at radius 3 is 2.44 bits per heavy atom. The number of nitrogens with zero attached hydrogens (tertiary/aromatic N) is 3. The summed E-state index contributed by atoms with van der Waals surface area (Å²) >= 11 is 13.2. The van der Waals surface area contributed by atoms with Crippen molar-refractivity contribution in [2.24, 2.45) is 0 Å². The van der Waals surface area contributed by atoms with Crippen LogP contribution in [0.1, 0.15) is 45.2 Å². The summed E-state index contributed by atoms with van der Waals surface area (Å²) in [6.45, 7) is 7.82. The van der Waals surface area contributed by atoms with Gasteiger partial charge in [-0.2, -0.15) is 0 Å². The van der Waals surface area contributed by atoms with Gasteiger partial charge >= 0.3 is 6.03 Å². The zero-order valence-electron chi connectivity index (χ0n) is 19.4. The van der Waals surface area contributed by atoms with Crippen molar-refractivity contribution >= 4 is 29.2 Å². The van der Waals surface area contributed by atoms with Gasteiger partial charge in [-0.3, -0.25) is 0 Å². The Morgan fingerprint density at radius 2 is 1.84 bits per heavy atom. The molecular formula is C24H32Cl2N4O2. The van der Waals surface area contributed by atoms with Gasteiger partial charge in [0.2, 0.25) is 5.88 Å². The van der Waals surface area contributed by atoms with Crippen LogP contribution in [-0.4, -0.2) is 60.1 Å². The topological polar surface area (TPSA) is 57.7 Å². The Bertz CT molecular complexity index is 928. The molecule has 1 saturated heterocycles. The zero-order chi connectivity index (χ0) is 23.4. The summed E-state index contributed by atoms with van der Waals surface area (Å²) in [6, 6.07) is 7.40. The van der Waals surface area contributed by atoms with E-state index in [1.807, 2.05) is 52.1 Å². The third kappa shape index (κ3) is 5.85. The van der Waals surface area contributed by atoms with Crippen LogP contribution in [-0.2, 0) is 0 Å². The Morgan fingerprint density at radius 1 is 1.16 bits per heavy atom. The molecule has 1 aromatic carbocycles. The summed E-state index contributed by atoms with van der Waals surface area (Å²) in [5.74, 6) is 0.563. The second kappa shape index (κ2) is 10.7. The first kappa shape index (κ1) is 24.6. The Labute approximate surface area is 200 Å². The molecule has 0 aliphatic carbocycles. The molecule has 1 fully saturated rings. The summed E-state index contributed by atoms with van der Waals surface area (Å²) in [6.07, 6.45) is 3.73. The maximum absolute atomic E-state index is 12.8. The monoisotopic (exact) mass is 478 g/mol. The van der Waals surface area contributed by atoms with Gasteiger partial charge in [-0.25, -0.2) is 9.78 Å². The molecule has 174 valence electrons. The van der Waals surface area contributed by atoms with Crippen LogP contribution in [0.15, 0.2) is 30.5 Å². The van der Waals surface area contributed by atoms with Gasteiger partial charge in [0.25, 0.3) is 0 Å². The molecule has 0 bridgehead atoms. The van der Waals surface area contributed by atoms with Gasteiger partial charge in [-0.15, -0.1) is 0 Å². The highest BCUT2D eigenvalue weighted by Crippen LogP contribution is 2.38. The van der Waals surface area contributed by atoms with Gasteiger partial charge in [-0.1, -0.05) is 35.3 Å². The number of hydrogen-bond donors (Lipinski definition) is 1. The molecule has 1 aliphatic heterocycles. The molecule has 1 unspecified atom stereocenters. The van der Waals surface area contributed by atoms with Crippen LogP contribution in [0.25, 0.3) is 11.1 Å². The number of halogens is 2. The molecule has 6 nitrogen and oxygen atoms in total. The van der Waals surface area contributed by atoms with Crippen molar-refractivity contribution in [3.63, 3.8) is 0 Å². The standard InChI is InChI=1S/C24H32Cl2N4O2/c1-15(2)32-21-9-6-17(14-27-21)20-8-7-19(22(25)23(20)26)16(3)28-24(31)30(5)18-10-12-29(4)13-11-18/h6-9,14-16,18H,10-13H2,1-5H3,(H,28,31). The van der Waals surface area contributed by atoms with Crippen molar-refractivity contribution in [3.05, 3.63) is 46.1 Å². The largest absolute Gasteiger partial charge is 0.475 e. The number of ether oxygens (including phenoxy) is 1. The van der Waals surface area contributed by atoms with Gasteiger partial charge in [0.1, 0.15) is 0 Å². The van der Waals surface area contributed by atoms with E-state index in [9.17, 15) is 4.79 Å². The molecule has 2 heterocycles. The van der Waals surface area contributed by atoms with E-state index in [0.717, 1.165) is 42.6 Å². The predicted octanol–water partition coefficient (Wildman–Crippen LogP) is 5.64. The fourth-order valence-electron chi connectivity index (χ4n) is 3.89. The van der Waals surface area contributed by atoms with Gasteiger partial charge in [0.05, 0.1) is 22.2 Å². The highest BCUT2D eigenvalue weighted by Gasteiger charge is 2.25. The second-order valence-corrected chi connectivity index (χ2v) is 9.45. The second-order valence-electron chi connectivity index (χ2n) is 8.70. The van der Waals surface area contributed by atoms with E-state index in [1.54, 1.807) is 11.1 Å². The number of aromatic nitrogens is 1. The quantitative estimate of drug-likeness (QED) is 0.583. The van der Waals surface area contributed by atoms with E-state index in [1.165, 1.54) is 0 Å². The Balaban J connectivity index is 1.70. The van der Waals surface area contributed by atoms with E-state index in [-0.39, 0.29) is 24.2 Å². The normalized spacial score (nSPS) is 16.1. The minimum absolute atomic E-state index is 0.0564. The van der Waals surface area contributed by atoms with Crippen LogP contribution in [0.3, 0.4) is 0 Å². The van der Waals surface area contributed by atoms with E-state index < -0.39 is 0 Å². The van der Waals surface area contributed by atoms with E-state index in [2.05, 4.69) is 22.2 Å².